The Morgan fingerprint density at radius 1 is 1.50 bits per heavy atom. The summed E-state index contributed by atoms with van der Waals surface area (Å²) in [5.74, 6) is 0.323. The second kappa shape index (κ2) is 6.53. The first-order chi connectivity index (χ1) is 8.35. The minimum atomic E-state index is -0.436. The molecular weight excluding hydrogens is 228 g/mol. The molecule has 1 fully saturated rings. The molecule has 0 heterocycles. The quantitative estimate of drug-likeness (QED) is 0.696. The van der Waals surface area contributed by atoms with E-state index in [1.165, 1.54) is 0 Å². The number of nitrogens with one attached hydrogen (secondary N) is 1. The fraction of sp³-hybridized carbons (Fsp3) is 0.929. The van der Waals surface area contributed by atoms with E-state index in [9.17, 15) is 9.90 Å². The molecule has 106 valence electrons. The van der Waals surface area contributed by atoms with Gasteiger partial charge in [-0.3, -0.25) is 4.79 Å². The lowest BCUT2D eigenvalue weighted by Gasteiger charge is -2.38. The zero-order chi connectivity index (χ0) is 13.8. The number of carbonyl (C=O) groups excluding carboxylic acids is 1. The van der Waals surface area contributed by atoms with E-state index in [1.54, 1.807) is 0 Å². The van der Waals surface area contributed by atoms with Crippen LogP contribution in [0.3, 0.4) is 0 Å². The Bertz CT molecular complexity index is 281. The monoisotopic (exact) mass is 256 g/mol. The first-order valence-corrected chi connectivity index (χ1v) is 7.06. The molecule has 1 saturated carbocycles. The van der Waals surface area contributed by atoms with Gasteiger partial charge in [-0.1, -0.05) is 33.6 Å². The van der Waals surface area contributed by atoms with Gasteiger partial charge in [0.05, 0.1) is 12.1 Å². The molecule has 3 atom stereocenters. The molecule has 0 saturated heterocycles. The Kier molecular flexibility index (Phi) is 5.60. The van der Waals surface area contributed by atoms with Crippen molar-refractivity contribution < 1.29 is 9.90 Å². The highest BCUT2D eigenvalue weighted by Crippen LogP contribution is 2.35. The third kappa shape index (κ3) is 4.25. The van der Waals surface area contributed by atoms with E-state index >= 15 is 0 Å². The zero-order valence-corrected chi connectivity index (χ0v) is 11.9. The SMILES string of the molecule is CC(C)C[C@H](N)C(=O)NCC1(C)CCCCC1O. The van der Waals surface area contributed by atoms with E-state index in [0.29, 0.717) is 18.9 Å². The number of hydrogen-bond acceptors (Lipinski definition) is 3. The fourth-order valence-corrected chi connectivity index (χ4v) is 2.62. The van der Waals surface area contributed by atoms with Crippen LogP contribution in [0.4, 0.5) is 0 Å². The highest BCUT2D eigenvalue weighted by atomic mass is 16.3. The van der Waals surface area contributed by atoms with Gasteiger partial charge in [-0.2, -0.15) is 0 Å². The van der Waals surface area contributed by atoms with Gasteiger partial charge in [-0.15, -0.1) is 0 Å². The Morgan fingerprint density at radius 3 is 2.72 bits per heavy atom. The molecular formula is C14H28N2O2. The summed E-state index contributed by atoms with van der Waals surface area (Å²) in [6.45, 7) is 6.68. The van der Waals surface area contributed by atoms with Crippen LogP contribution in [-0.2, 0) is 4.79 Å². The number of aliphatic hydroxyl groups excluding tert-OH is 1. The lowest BCUT2D eigenvalue weighted by atomic mass is 9.73. The number of amides is 1. The van der Waals surface area contributed by atoms with Gasteiger partial charge in [0.2, 0.25) is 5.91 Å². The van der Waals surface area contributed by atoms with Crippen molar-refractivity contribution in [2.24, 2.45) is 17.1 Å². The van der Waals surface area contributed by atoms with E-state index in [-0.39, 0.29) is 17.4 Å². The first-order valence-electron chi connectivity index (χ1n) is 7.06. The van der Waals surface area contributed by atoms with Crippen LogP contribution in [0.1, 0.15) is 52.9 Å². The van der Waals surface area contributed by atoms with Crippen LogP contribution in [0.5, 0.6) is 0 Å². The minimum absolute atomic E-state index is 0.0947. The second-order valence-electron chi connectivity index (χ2n) is 6.37. The fourth-order valence-electron chi connectivity index (χ4n) is 2.62. The summed E-state index contributed by atoms with van der Waals surface area (Å²) in [5, 5.41) is 12.9. The lowest BCUT2D eigenvalue weighted by Crippen LogP contribution is -2.49. The zero-order valence-electron chi connectivity index (χ0n) is 11.9. The molecule has 4 N–H and O–H groups in total. The molecule has 0 aromatic heterocycles. The van der Waals surface area contributed by atoms with E-state index < -0.39 is 6.04 Å². The van der Waals surface area contributed by atoms with E-state index in [2.05, 4.69) is 19.2 Å². The van der Waals surface area contributed by atoms with Gasteiger partial charge in [0.15, 0.2) is 0 Å². The summed E-state index contributed by atoms with van der Waals surface area (Å²) in [4.78, 5) is 11.9. The van der Waals surface area contributed by atoms with Crippen molar-refractivity contribution in [1.29, 1.82) is 0 Å². The predicted octanol–water partition coefficient (Wildman–Crippen LogP) is 1.42. The molecule has 0 aromatic carbocycles. The second-order valence-corrected chi connectivity index (χ2v) is 6.37. The average Bonchev–Trinajstić information content (AvgIpc) is 2.29. The Hall–Kier alpha value is -0.610. The Labute approximate surface area is 110 Å². The molecule has 2 unspecified atom stereocenters. The summed E-state index contributed by atoms with van der Waals surface area (Å²) < 4.78 is 0. The van der Waals surface area contributed by atoms with Crippen LogP contribution in [0.15, 0.2) is 0 Å². The standard InChI is InChI=1S/C14H28N2O2/c1-10(2)8-11(15)13(18)16-9-14(3)7-5-4-6-12(14)17/h10-12,17H,4-9,15H2,1-3H3,(H,16,18)/t11-,12?,14?/m0/s1. The van der Waals surface area contributed by atoms with E-state index in [0.717, 1.165) is 25.7 Å². The summed E-state index contributed by atoms with van der Waals surface area (Å²) in [6.07, 6.45) is 4.40. The van der Waals surface area contributed by atoms with Gasteiger partial charge in [0, 0.05) is 12.0 Å². The smallest absolute Gasteiger partial charge is 0.236 e. The molecule has 0 radical (unpaired) electrons. The molecule has 1 amide bonds. The van der Waals surface area contributed by atoms with Crippen molar-refractivity contribution in [2.45, 2.75) is 65.0 Å². The molecule has 1 aliphatic rings. The highest BCUT2D eigenvalue weighted by molar-refractivity contribution is 5.81. The maximum atomic E-state index is 11.9. The summed E-state index contributed by atoms with van der Waals surface area (Å²) in [6, 6.07) is -0.436. The summed E-state index contributed by atoms with van der Waals surface area (Å²) in [5.41, 5.74) is 5.65. The number of nitrogens with two attached hydrogens (primary N) is 1. The van der Waals surface area contributed by atoms with E-state index in [1.807, 2.05) is 6.92 Å². The molecule has 1 rings (SSSR count). The summed E-state index contributed by atoms with van der Waals surface area (Å²) in [7, 11) is 0. The number of rotatable bonds is 5. The highest BCUT2D eigenvalue weighted by Gasteiger charge is 2.35. The summed E-state index contributed by atoms with van der Waals surface area (Å²) >= 11 is 0. The molecule has 0 aromatic rings. The normalized spacial score (nSPS) is 30.2. The molecule has 0 bridgehead atoms. The molecule has 4 heteroatoms. The topological polar surface area (TPSA) is 75.4 Å². The van der Waals surface area contributed by atoms with Crippen LogP contribution in [0.2, 0.25) is 0 Å². The molecule has 0 aliphatic heterocycles. The molecule has 4 nitrogen and oxygen atoms in total. The van der Waals surface area contributed by atoms with Gasteiger partial charge in [0.25, 0.3) is 0 Å². The molecule has 0 spiro atoms. The van der Waals surface area contributed by atoms with Crippen LogP contribution in [-0.4, -0.2) is 29.7 Å². The van der Waals surface area contributed by atoms with Gasteiger partial charge in [-0.25, -0.2) is 0 Å². The van der Waals surface area contributed by atoms with Crippen LogP contribution in [0.25, 0.3) is 0 Å². The van der Waals surface area contributed by atoms with Crippen molar-refractivity contribution in [3.8, 4) is 0 Å². The predicted molar refractivity (Wildman–Crippen MR) is 73.0 cm³/mol. The average molecular weight is 256 g/mol. The number of hydrogen-bond donors (Lipinski definition) is 3. The van der Waals surface area contributed by atoms with Crippen molar-refractivity contribution in [3.05, 3.63) is 0 Å². The maximum Gasteiger partial charge on any atom is 0.236 e. The first kappa shape index (κ1) is 15.4. The Balaban J connectivity index is 2.41. The van der Waals surface area contributed by atoms with Gasteiger partial charge in [-0.05, 0) is 25.2 Å². The number of carbonyl (C=O) groups is 1. The van der Waals surface area contributed by atoms with Gasteiger partial charge < -0.3 is 16.2 Å². The van der Waals surface area contributed by atoms with Crippen LogP contribution in [0, 0.1) is 11.3 Å². The number of aliphatic hydroxyl groups is 1. The van der Waals surface area contributed by atoms with Crippen molar-refractivity contribution in [1.82, 2.24) is 5.32 Å². The van der Waals surface area contributed by atoms with Crippen LogP contribution < -0.4 is 11.1 Å². The van der Waals surface area contributed by atoms with Crippen molar-refractivity contribution >= 4 is 5.91 Å². The van der Waals surface area contributed by atoms with E-state index in [4.69, 9.17) is 5.73 Å². The van der Waals surface area contributed by atoms with Crippen molar-refractivity contribution in [2.75, 3.05) is 6.54 Å². The van der Waals surface area contributed by atoms with Crippen LogP contribution >= 0.6 is 0 Å². The molecule has 1 aliphatic carbocycles. The van der Waals surface area contributed by atoms with Gasteiger partial charge >= 0.3 is 0 Å². The van der Waals surface area contributed by atoms with Gasteiger partial charge in [0.1, 0.15) is 0 Å². The maximum absolute atomic E-state index is 11.9. The third-order valence-corrected chi connectivity index (χ3v) is 4.01. The third-order valence-electron chi connectivity index (χ3n) is 4.01. The Morgan fingerprint density at radius 2 is 2.17 bits per heavy atom. The largest absolute Gasteiger partial charge is 0.392 e. The lowest BCUT2D eigenvalue weighted by molar-refractivity contribution is -0.123. The molecule has 18 heavy (non-hydrogen) atoms. The van der Waals surface area contributed by atoms with Crippen molar-refractivity contribution in [3.63, 3.8) is 0 Å². The minimum Gasteiger partial charge on any atom is -0.392 e.